The van der Waals surface area contributed by atoms with Crippen LogP contribution in [0, 0.1) is 5.82 Å². The van der Waals surface area contributed by atoms with Gasteiger partial charge in [0.1, 0.15) is 11.6 Å². The topological polar surface area (TPSA) is 68.2 Å². The molecule has 0 aliphatic heterocycles. The van der Waals surface area contributed by atoms with Crippen LogP contribution in [0.1, 0.15) is 18.5 Å². The molecule has 102 valence electrons. The highest BCUT2D eigenvalue weighted by Crippen LogP contribution is 2.22. The Morgan fingerprint density at radius 3 is 3.05 bits per heavy atom. The molecule has 2 heterocycles. The van der Waals surface area contributed by atoms with Crippen LogP contribution in [-0.2, 0) is 0 Å². The summed E-state index contributed by atoms with van der Waals surface area (Å²) in [7, 11) is 0. The minimum absolute atomic E-state index is 0.111. The average Bonchev–Trinajstić information content (AvgIpc) is 2.86. The number of imidazole rings is 1. The fourth-order valence-corrected chi connectivity index (χ4v) is 2.11. The molecule has 20 heavy (non-hydrogen) atoms. The molecule has 1 aromatic carbocycles. The largest absolute Gasteiger partial charge is 0.382 e. The molecule has 6 heteroatoms. The van der Waals surface area contributed by atoms with E-state index in [9.17, 15) is 4.39 Å². The number of nitrogens with two attached hydrogens (primary N) is 1. The van der Waals surface area contributed by atoms with Crippen molar-refractivity contribution in [3.05, 3.63) is 54.2 Å². The van der Waals surface area contributed by atoms with E-state index in [1.807, 2.05) is 13.0 Å². The summed E-state index contributed by atoms with van der Waals surface area (Å²) in [5, 5.41) is 3.21. The van der Waals surface area contributed by atoms with Crippen molar-refractivity contribution in [2.75, 3.05) is 11.1 Å². The van der Waals surface area contributed by atoms with E-state index in [2.05, 4.69) is 15.3 Å². The third-order valence-corrected chi connectivity index (χ3v) is 3.09. The van der Waals surface area contributed by atoms with Gasteiger partial charge in [-0.2, -0.15) is 0 Å². The first kappa shape index (κ1) is 12.4. The van der Waals surface area contributed by atoms with Crippen molar-refractivity contribution in [2.45, 2.75) is 13.0 Å². The summed E-state index contributed by atoms with van der Waals surface area (Å²) < 4.78 is 15.0. The fourth-order valence-electron chi connectivity index (χ4n) is 2.11. The monoisotopic (exact) mass is 271 g/mol. The van der Waals surface area contributed by atoms with Crippen molar-refractivity contribution < 1.29 is 4.39 Å². The molecule has 3 aromatic rings. The predicted molar refractivity (Wildman–Crippen MR) is 75.8 cm³/mol. The highest BCUT2D eigenvalue weighted by atomic mass is 19.1. The van der Waals surface area contributed by atoms with E-state index in [1.165, 1.54) is 12.1 Å². The number of nitrogens with zero attached hydrogens (tertiary/aromatic N) is 3. The standard InChI is InChI=1S/C14H14FN5/c1-9(10-3-2-4-11(15)7-10)18-13-14-17-5-6-20(14)8-12(16)19-13/h2-9H,16H2,1H3,(H,18,19). The smallest absolute Gasteiger partial charge is 0.180 e. The molecule has 0 spiro atoms. The number of aromatic nitrogens is 3. The van der Waals surface area contributed by atoms with Crippen LogP contribution in [0.2, 0.25) is 0 Å². The van der Waals surface area contributed by atoms with E-state index in [0.717, 1.165) is 5.56 Å². The molecule has 3 N–H and O–H groups in total. The number of rotatable bonds is 3. The Labute approximate surface area is 115 Å². The summed E-state index contributed by atoms with van der Waals surface area (Å²) in [6.45, 7) is 1.93. The number of anilines is 2. The lowest BCUT2D eigenvalue weighted by Crippen LogP contribution is -2.10. The molecule has 1 atom stereocenters. The molecular weight excluding hydrogens is 257 g/mol. The number of nitrogens with one attached hydrogen (secondary N) is 1. The third-order valence-electron chi connectivity index (χ3n) is 3.09. The summed E-state index contributed by atoms with van der Waals surface area (Å²) in [5.41, 5.74) is 7.28. The summed E-state index contributed by atoms with van der Waals surface area (Å²) in [6, 6.07) is 6.34. The number of nitrogen functional groups attached to an aromatic ring is 1. The molecule has 0 amide bonds. The SMILES string of the molecule is CC(Nc1nc(N)cn2ccnc12)c1cccc(F)c1. The second-order valence-corrected chi connectivity index (χ2v) is 4.59. The summed E-state index contributed by atoms with van der Waals surface area (Å²) in [6.07, 6.45) is 5.17. The van der Waals surface area contributed by atoms with Crippen LogP contribution >= 0.6 is 0 Å². The zero-order valence-corrected chi connectivity index (χ0v) is 10.9. The molecular formula is C14H14FN5. The Bertz CT molecular complexity index is 752. The number of fused-ring (bicyclic) bond motifs is 1. The normalized spacial score (nSPS) is 12.5. The van der Waals surface area contributed by atoms with Gasteiger partial charge in [0.15, 0.2) is 11.5 Å². The van der Waals surface area contributed by atoms with E-state index in [-0.39, 0.29) is 11.9 Å². The highest BCUT2D eigenvalue weighted by Gasteiger charge is 2.11. The quantitative estimate of drug-likeness (QED) is 0.768. The van der Waals surface area contributed by atoms with Gasteiger partial charge in [0, 0.05) is 12.4 Å². The van der Waals surface area contributed by atoms with Gasteiger partial charge in [0.25, 0.3) is 0 Å². The van der Waals surface area contributed by atoms with Gasteiger partial charge in [-0.3, -0.25) is 0 Å². The van der Waals surface area contributed by atoms with Crippen LogP contribution < -0.4 is 11.1 Å². The van der Waals surface area contributed by atoms with E-state index in [0.29, 0.717) is 17.3 Å². The maximum atomic E-state index is 13.3. The summed E-state index contributed by atoms with van der Waals surface area (Å²) in [4.78, 5) is 8.48. The van der Waals surface area contributed by atoms with Gasteiger partial charge in [-0.1, -0.05) is 12.1 Å². The van der Waals surface area contributed by atoms with Gasteiger partial charge in [0.05, 0.1) is 12.2 Å². The Morgan fingerprint density at radius 1 is 1.40 bits per heavy atom. The predicted octanol–water partition coefficient (Wildman–Crippen LogP) is 2.62. The molecule has 0 saturated heterocycles. The zero-order chi connectivity index (χ0) is 14.1. The maximum Gasteiger partial charge on any atom is 0.180 e. The van der Waals surface area contributed by atoms with Crippen LogP contribution in [0.4, 0.5) is 16.0 Å². The second kappa shape index (κ2) is 4.80. The van der Waals surface area contributed by atoms with Crippen molar-refractivity contribution in [1.82, 2.24) is 14.4 Å². The van der Waals surface area contributed by atoms with Crippen LogP contribution in [0.3, 0.4) is 0 Å². The van der Waals surface area contributed by atoms with Gasteiger partial charge in [-0.25, -0.2) is 14.4 Å². The van der Waals surface area contributed by atoms with Crippen LogP contribution in [-0.4, -0.2) is 14.4 Å². The molecule has 2 aromatic heterocycles. The Morgan fingerprint density at radius 2 is 2.25 bits per heavy atom. The Balaban J connectivity index is 1.94. The minimum Gasteiger partial charge on any atom is -0.382 e. The molecule has 3 rings (SSSR count). The van der Waals surface area contributed by atoms with E-state index >= 15 is 0 Å². The first-order chi connectivity index (χ1) is 9.63. The zero-order valence-electron chi connectivity index (χ0n) is 10.9. The highest BCUT2D eigenvalue weighted by molar-refractivity contribution is 5.65. The average molecular weight is 271 g/mol. The molecule has 1 unspecified atom stereocenters. The number of hydrogen-bond acceptors (Lipinski definition) is 4. The lowest BCUT2D eigenvalue weighted by molar-refractivity contribution is 0.623. The van der Waals surface area contributed by atoms with Crippen molar-refractivity contribution in [3.63, 3.8) is 0 Å². The molecule has 0 aliphatic carbocycles. The van der Waals surface area contributed by atoms with Crippen LogP contribution in [0.15, 0.2) is 42.9 Å². The van der Waals surface area contributed by atoms with Gasteiger partial charge in [-0.05, 0) is 24.6 Å². The first-order valence-electron chi connectivity index (χ1n) is 6.24. The van der Waals surface area contributed by atoms with E-state index in [4.69, 9.17) is 5.73 Å². The molecule has 0 saturated carbocycles. The van der Waals surface area contributed by atoms with Crippen LogP contribution in [0.25, 0.3) is 5.65 Å². The van der Waals surface area contributed by atoms with Gasteiger partial charge in [0.2, 0.25) is 0 Å². The second-order valence-electron chi connectivity index (χ2n) is 4.59. The minimum atomic E-state index is -0.261. The molecule has 0 bridgehead atoms. The lowest BCUT2D eigenvalue weighted by Gasteiger charge is -2.15. The number of halogens is 1. The first-order valence-corrected chi connectivity index (χ1v) is 6.24. The maximum absolute atomic E-state index is 13.3. The third kappa shape index (κ3) is 2.27. The van der Waals surface area contributed by atoms with E-state index < -0.39 is 0 Å². The molecule has 0 fully saturated rings. The van der Waals surface area contributed by atoms with Gasteiger partial charge < -0.3 is 15.5 Å². The number of hydrogen-bond donors (Lipinski definition) is 2. The van der Waals surface area contributed by atoms with Gasteiger partial charge >= 0.3 is 0 Å². The molecule has 0 radical (unpaired) electrons. The summed E-state index contributed by atoms with van der Waals surface area (Å²) >= 11 is 0. The Kier molecular flexibility index (Phi) is 2.98. The van der Waals surface area contributed by atoms with Crippen molar-refractivity contribution in [1.29, 1.82) is 0 Å². The van der Waals surface area contributed by atoms with Crippen molar-refractivity contribution in [2.24, 2.45) is 0 Å². The molecule has 0 aliphatic rings. The van der Waals surface area contributed by atoms with Crippen molar-refractivity contribution >= 4 is 17.3 Å². The summed E-state index contributed by atoms with van der Waals surface area (Å²) in [5.74, 6) is 0.707. The number of benzene rings is 1. The van der Waals surface area contributed by atoms with Crippen LogP contribution in [0.5, 0.6) is 0 Å². The van der Waals surface area contributed by atoms with Gasteiger partial charge in [-0.15, -0.1) is 0 Å². The fraction of sp³-hybridized carbons (Fsp3) is 0.143. The Hall–Kier alpha value is -2.63. The lowest BCUT2D eigenvalue weighted by atomic mass is 10.1. The van der Waals surface area contributed by atoms with E-state index in [1.54, 1.807) is 29.1 Å². The van der Waals surface area contributed by atoms with Crippen molar-refractivity contribution in [3.8, 4) is 0 Å². The molecule has 5 nitrogen and oxygen atoms in total.